The number of methoxy groups -OCH3 is 1. The van der Waals surface area contributed by atoms with Crippen LogP contribution in [-0.2, 0) is 4.79 Å². The molecule has 2 heterocycles. The molecule has 0 N–H and O–H groups in total. The summed E-state index contributed by atoms with van der Waals surface area (Å²) in [5.74, 6) is 1.15. The third kappa shape index (κ3) is 3.85. The first-order valence-corrected chi connectivity index (χ1v) is 9.87. The largest absolute Gasteiger partial charge is 0.494 e. The average molecular weight is 375 g/mol. The van der Waals surface area contributed by atoms with E-state index in [0.717, 1.165) is 24.1 Å². The van der Waals surface area contributed by atoms with Crippen molar-refractivity contribution in [3.05, 3.63) is 23.8 Å². The smallest absolute Gasteiger partial charge is 0.233 e. The maximum absolute atomic E-state index is 12.7. The van der Waals surface area contributed by atoms with Crippen LogP contribution in [0.1, 0.15) is 38.7 Å². The van der Waals surface area contributed by atoms with Gasteiger partial charge in [-0.05, 0) is 68.2 Å². The molecule has 26 heavy (non-hydrogen) atoms. The Morgan fingerprint density at radius 2 is 2.04 bits per heavy atom. The molecule has 0 radical (unpaired) electrons. The standard InChI is InChI=1S/C18H25N5O2S/c1-12-8-9-16(25-4)15(10-12)23-18(19-20-21-23)26-11-17(24)22-13(2)6-5-7-14(22)3/h8-10,13-14H,5-7,11H2,1-4H3/t13-,14-/m0/s1. The fraction of sp³-hybridized carbons (Fsp3) is 0.556. The number of piperidine rings is 1. The third-order valence-electron chi connectivity index (χ3n) is 4.81. The molecule has 0 aliphatic carbocycles. The van der Waals surface area contributed by atoms with Gasteiger partial charge in [0.25, 0.3) is 0 Å². The Hall–Kier alpha value is -2.09. The summed E-state index contributed by atoms with van der Waals surface area (Å²) in [5, 5.41) is 12.5. The quantitative estimate of drug-likeness (QED) is 0.748. The van der Waals surface area contributed by atoms with Gasteiger partial charge in [0.05, 0.1) is 12.9 Å². The lowest BCUT2D eigenvalue weighted by atomic mass is 9.98. The highest BCUT2D eigenvalue weighted by Crippen LogP contribution is 2.28. The zero-order valence-corrected chi connectivity index (χ0v) is 16.5. The highest BCUT2D eigenvalue weighted by atomic mass is 32.2. The molecule has 1 aliphatic heterocycles. The van der Waals surface area contributed by atoms with Crippen LogP contribution in [0, 0.1) is 6.92 Å². The van der Waals surface area contributed by atoms with E-state index >= 15 is 0 Å². The first-order valence-electron chi connectivity index (χ1n) is 8.88. The van der Waals surface area contributed by atoms with Crippen LogP contribution in [-0.4, -0.2) is 56.0 Å². The van der Waals surface area contributed by atoms with Gasteiger partial charge in [0, 0.05) is 12.1 Å². The lowest BCUT2D eigenvalue weighted by molar-refractivity contribution is -0.134. The predicted octanol–water partition coefficient (Wildman–Crippen LogP) is 2.86. The summed E-state index contributed by atoms with van der Waals surface area (Å²) in [5.41, 5.74) is 1.85. The highest BCUT2D eigenvalue weighted by molar-refractivity contribution is 7.99. The van der Waals surface area contributed by atoms with Gasteiger partial charge in [-0.1, -0.05) is 17.8 Å². The van der Waals surface area contributed by atoms with Crippen LogP contribution in [0.15, 0.2) is 23.4 Å². The monoisotopic (exact) mass is 375 g/mol. The van der Waals surface area contributed by atoms with Crippen LogP contribution in [0.25, 0.3) is 5.69 Å². The predicted molar refractivity (Wildman–Crippen MR) is 101 cm³/mol. The van der Waals surface area contributed by atoms with Crippen molar-refractivity contribution < 1.29 is 9.53 Å². The Kier molecular flexibility index (Phi) is 5.80. The Labute approximate surface area is 158 Å². The van der Waals surface area contributed by atoms with E-state index in [2.05, 4.69) is 29.4 Å². The van der Waals surface area contributed by atoms with Crippen LogP contribution in [0.3, 0.4) is 0 Å². The number of aryl methyl sites for hydroxylation is 1. The number of thioether (sulfide) groups is 1. The maximum atomic E-state index is 12.7. The lowest BCUT2D eigenvalue weighted by Crippen LogP contribution is -2.48. The van der Waals surface area contributed by atoms with Crippen LogP contribution in [0.5, 0.6) is 5.75 Å². The van der Waals surface area contributed by atoms with Gasteiger partial charge in [-0.25, -0.2) is 0 Å². The van der Waals surface area contributed by atoms with Crippen molar-refractivity contribution in [2.24, 2.45) is 0 Å². The lowest BCUT2D eigenvalue weighted by Gasteiger charge is -2.39. The molecule has 0 bridgehead atoms. The van der Waals surface area contributed by atoms with Gasteiger partial charge < -0.3 is 9.64 Å². The minimum Gasteiger partial charge on any atom is -0.494 e. The fourth-order valence-corrected chi connectivity index (χ4v) is 4.25. The van der Waals surface area contributed by atoms with Gasteiger partial charge in [-0.2, -0.15) is 4.68 Å². The number of hydrogen-bond acceptors (Lipinski definition) is 6. The number of hydrogen-bond donors (Lipinski definition) is 0. The van der Waals surface area contributed by atoms with E-state index in [9.17, 15) is 4.79 Å². The van der Waals surface area contributed by atoms with Crippen LogP contribution in [0.2, 0.25) is 0 Å². The number of tetrazole rings is 1. The summed E-state index contributed by atoms with van der Waals surface area (Å²) >= 11 is 1.36. The van der Waals surface area contributed by atoms with E-state index in [-0.39, 0.29) is 5.91 Å². The van der Waals surface area contributed by atoms with E-state index in [0.29, 0.717) is 28.7 Å². The molecule has 1 aromatic heterocycles. The molecule has 140 valence electrons. The second kappa shape index (κ2) is 8.07. The summed E-state index contributed by atoms with van der Waals surface area (Å²) in [6.07, 6.45) is 3.32. The number of carbonyl (C=O) groups is 1. The first-order chi connectivity index (χ1) is 12.5. The van der Waals surface area contributed by atoms with Gasteiger partial charge in [0.1, 0.15) is 11.4 Å². The first kappa shape index (κ1) is 18.7. The van der Waals surface area contributed by atoms with Crippen LogP contribution >= 0.6 is 11.8 Å². The second-order valence-corrected chi connectivity index (χ2v) is 7.71. The molecule has 8 heteroatoms. The fourth-order valence-electron chi connectivity index (χ4n) is 3.50. The molecule has 7 nitrogen and oxygen atoms in total. The van der Waals surface area contributed by atoms with Gasteiger partial charge in [-0.3, -0.25) is 4.79 Å². The molecular formula is C18H25N5O2S. The minimum atomic E-state index is 0.139. The molecule has 1 saturated heterocycles. The van der Waals surface area contributed by atoms with E-state index in [1.807, 2.05) is 30.0 Å². The third-order valence-corrected chi connectivity index (χ3v) is 5.71. The molecule has 1 aliphatic rings. The van der Waals surface area contributed by atoms with Crippen molar-refractivity contribution >= 4 is 17.7 Å². The van der Waals surface area contributed by atoms with E-state index in [1.165, 1.54) is 18.2 Å². The summed E-state index contributed by atoms with van der Waals surface area (Å²) in [7, 11) is 1.62. The Balaban J connectivity index is 1.76. The Bertz CT molecular complexity index is 769. The normalized spacial score (nSPS) is 20.2. The Morgan fingerprint density at radius 1 is 1.31 bits per heavy atom. The number of benzene rings is 1. The second-order valence-electron chi connectivity index (χ2n) is 6.77. The topological polar surface area (TPSA) is 73.1 Å². The molecule has 0 spiro atoms. The molecule has 1 amide bonds. The zero-order valence-electron chi connectivity index (χ0n) is 15.7. The van der Waals surface area contributed by atoms with Crippen molar-refractivity contribution in [2.75, 3.05) is 12.9 Å². The molecule has 0 unspecified atom stereocenters. The van der Waals surface area contributed by atoms with Gasteiger partial charge in [-0.15, -0.1) is 5.10 Å². The molecule has 3 rings (SSSR count). The number of amides is 1. The number of aromatic nitrogens is 4. The maximum Gasteiger partial charge on any atom is 0.233 e. The molecule has 2 atom stereocenters. The zero-order chi connectivity index (χ0) is 18.7. The van der Waals surface area contributed by atoms with Crippen LogP contribution in [0.4, 0.5) is 0 Å². The van der Waals surface area contributed by atoms with Crippen molar-refractivity contribution in [2.45, 2.75) is 57.3 Å². The van der Waals surface area contributed by atoms with Gasteiger partial charge in [0.15, 0.2) is 0 Å². The van der Waals surface area contributed by atoms with Crippen molar-refractivity contribution in [3.8, 4) is 11.4 Å². The molecule has 1 aromatic carbocycles. The summed E-state index contributed by atoms with van der Waals surface area (Å²) < 4.78 is 7.06. The van der Waals surface area contributed by atoms with Gasteiger partial charge >= 0.3 is 0 Å². The summed E-state index contributed by atoms with van der Waals surface area (Å²) in [4.78, 5) is 14.8. The highest BCUT2D eigenvalue weighted by Gasteiger charge is 2.29. The number of ether oxygens (including phenoxy) is 1. The Morgan fingerprint density at radius 3 is 2.73 bits per heavy atom. The minimum absolute atomic E-state index is 0.139. The molecule has 0 saturated carbocycles. The summed E-state index contributed by atoms with van der Waals surface area (Å²) in [6, 6.07) is 6.42. The SMILES string of the molecule is COc1ccc(C)cc1-n1nnnc1SCC(=O)N1[C@@H](C)CCC[C@@H]1C. The van der Waals surface area contributed by atoms with Crippen molar-refractivity contribution in [1.82, 2.24) is 25.1 Å². The molecular weight excluding hydrogens is 350 g/mol. The van der Waals surface area contributed by atoms with Crippen LogP contribution < -0.4 is 4.74 Å². The van der Waals surface area contributed by atoms with E-state index in [4.69, 9.17) is 4.74 Å². The summed E-state index contributed by atoms with van der Waals surface area (Å²) in [6.45, 7) is 6.25. The number of rotatable bonds is 5. The van der Waals surface area contributed by atoms with E-state index < -0.39 is 0 Å². The van der Waals surface area contributed by atoms with Crippen molar-refractivity contribution in [1.29, 1.82) is 0 Å². The van der Waals surface area contributed by atoms with Gasteiger partial charge in [0.2, 0.25) is 11.1 Å². The van der Waals surface area contributed by atoms with Crippen molar-refractivity contribution in [3.63, 3.8) is 0 Å². The molecule has 1 fully saturated rings. The number of carbonyl (C=O) groups excluding carboxylic acids is 1. The van der Waals surface area contributed by atoms with E-state index in [1.54, 1.807) is 11.8 Å². The average Bonchev–Trinajstić information content (AvgIpc) is 3.08. The number of nitrogens with zero attached hydrogens (tertiary/aromatic N) is 5. The number of likely N-dealkylation sites (tertiary alicyclic amines) is 1. The molecule has 2 aromatic rings.